The first-order valence-corrected chi connectivity index (χ1v) is 25.4. The molecule has 1 atom stereocenters. The van der Waals surface area contributed by atoms with Crippen LogP contribution in [0, 0.1) is 5.92 Å². The summed E-state index contributed by atoms with van der Waals surface area (Å²) in [6.07, 6.45) is 46.6. The van der Waals surface area contributed by atoms with Gasteiger partial charge < -0.3 is 14.2 Å². The molecule has 0 aliphatic heterocycles. The van der Waals surface area contributed by atoms with Gasteiger partial charge >= 0.3 is 17.9 Å². The maximum atomic E-state index is 12.7. The first kappa shape index (κ1) is 55.4. The fourth-order valence-corrected chi connectivity index (χ4v) is 7.69. The van der Waals surface area contributed by atoms with Gasteiger partial charge in [-0.15, -0.1) is 0 Å². The zero-order valence-electron chi connectivity index (χ0n) is 38.8. The van der Waals surface area contributed by atoms with Gasteiger partial charge in [0.05, 0.1) is 0 Å². The van der Waals surface area contributed by atoms with Crippen LogP contribution in [0.5, 0.6) is 0 Å². The second-order valence-electron chi connectivity index (χ2n) is 17.9. The highest BCUT2D eigenvalue weighted by Crippen LogP contribution is 2.17. The second-order valence-corrected chi connectivity index (χ2v) is 17.9. The minimum absolute atomic E-state index is 0.0630. The van der Waals surface area contributed by atoms with E-state index >= 15 is 0 Å². The summed E-state index contributed by atoms with van der Waals surface area (Å²) in [7, 11) is 0. The summed E-state index contributed by atoms with van der Waals surface area (Å²) in [5, 5.41) is 0. The van der Waals surface area contributed by atoms with Crippen LogP contribution in [0.3, 0.4) is 0 Å². The number of carbonyl (C=O) groups is 3. The van der Waals surface area contributed by atoms with Crippen LogP contribution < -0.4 is 0 Å². The van der Waals surface area contributed by atoms with Crippen molar-refractivity contribution < 1.29 is 28.6 Å². The van der Waals surface area contributed by atoms with E-state index in [0.29, 0.717) is 19.3 Å². The summed E-state index contributed by atoms with van der Waals surface area (Å²) in [5.41, 5.74) is 0. The summed E-state index contributed by atoms with van der Waals surface area (Å²) in [5.74, 6) is 0.000511. The van der Waals surface area contributed by atoms with Crippen LogP contribution in [-0.2, 0) is 28.6 Å². The zero-order chi connectivity index (χ0) is 41.7. The van der Waals surface area contributed by atoms with E-state index in [1.807, 2.05) is 0 Å². The SMILES string of the molecule is CCCCCCCCCCCCCCC(=O)OC[C@@H](COC(=O)CCCCCCCCCCCCCCCCCC(C)C)OC(=O)CCCCCCCCCCC. The Labute approximate surface area is 355 Å². The van der Waals surface area contributed by atoms with Gasteiger partial charge in [-0.25, -0.2) is 0 Å². The molecule has 6 heteroatoms. The van der Waals surface area contributed by atoms with E-state index in [-0.39, 0.29) is 31.1 Å². The smallest absolute Gasteiger partial charge is 0.306 e. The van der Waals surface area contributed by atoms with E-state index in [4.69, 9.17) is 14.2 Å². The topological polar surface area (TPSA) is 78.9 Å². The van der Waals surface area contributed by atoms with Crippen LogP contribution in [0.25, 0.3) is 0 Å². The lowest BCUT2D eigenvalue weighted by Gasteiger charge is -2.18. The summed E-state index contributed by atoms with van der Waals surface area (Å²) in [4.78, 5) is 37.8. The third-order valence-electron chi connectivity index (χ3n) is 11.5. The van der Waals surface area contributed by atoms with Crippen molar-refractivity contribution in [3.63, 3.8) is 0 Å². The molecule has 6 nitrogen and oxygen atoms in total. The van der Waals surface area contributed by atoms with Gasteiger partial charge in [0.15, 0.2) is 6.10 Å². The minimum Gasteiger partial charge on any atom is -0.462 e. The lowest BCUT2D eigenvalue weighted by molar-refractivity contribution is -0.167. The number of carbonyl (C=O) groups excluding carboxylic acids is 3. The van der Waals surface area contributed by atoms with Crippen molar-refractivity contribution in [2.24, 2.45) is 5.92 Å². The lowest BCUT2D eigenvalue weighted by Crippen LogP contribution is -2.30. The molecule has 57 heavy (non-hydrogen) atoms. The molecule has 0 radical (unpaired) electrons. The molecule has 0 spiro atoms. The van der Waals surface area contributed by atoms with E-state index < -0.39 is 6.10 Å². The zero-order valence-corrected chi connectivity index (χ0v) is 38.8. The van der Waals surface area contributed by atoms with Crippen LogP contribution in [0.4, 0.5) is 0 Å². The fourth-order valence-electron chi connectivity index (χ4n) is 7.69. The Kier molecular flexibility index (Phi) is 44.2. The molecule has 0 unspecified atom stereocenters. The Morgan fingerprint density at radius 1 is 0.333 bits per heavy atom. The van der Waals surface area contributed by atoms with Gasteiger partial charge in [0.1, 0.15) is 13.2 Å². The van der Waals surface area contributed by atoms with Crippen molar-refractivity contribution in [1.82, 2.24) is 0 Å². The molecule has 0 saturated carbocycles. The van der Waals surface area contributed by atoms with Gasteiger partial charge in [-0.3, -0.25) is 14.4 Å². The molecule has 0 aliphatic rings. The van der Waals surface area contributed by atoms with Crippen LogP contribution in [-0.4, -0.2) is 37.2 Å². The highest BCUT2D eigenvalue weighted by Gasteiger charge is 2.19. The molecule has 0 N–H and O–H groups in total. The quantitative estimate of drug-likeness (QED) is 0.0346. The molecule has 0 amide bonds. The summed E-state index contributed by atoms with van der Waals surface area (Å²) in [6, 6.07) is 0. The number of rotatable bonds is 46. The predicted octanol–water partition coefficient (Wildman–Crippen LogP) is 16.3. The standard InChI is InChI=1S/C51H98O6/c1-5-7-9-11-13-15-16-23-27-30-34-38-42-49(52)55-45-48(57-51(54)44-40-36-32-25-14-12-10-8-6-2)46-56-50(53)43-39-35-31-28-24-21-19-17-18-20-22-26-29-33-37-41-47(3)4/h47-48H,5-46H2,1-4H3/t48-/m0/s1. The van der Waals surface area contributed by atoms with Crippen molar-refractivity contribution in [2.75, 3.05) is 13.2 Å². The average Bonchev–Trinajstić information content (AvgIpc) is 3.19. The van der Waals surface area contributed by atoms with Crippen molar-refractivity contribution in [1.29, 1.82) is 0 Å². The molecule has 0 rings (SSSR count). The Morgan fingerprint density at radius 3 is 0.860 bits per heavy atom. The van der Waals surface area contributed by atoms with Crippen molar-refractivity contribution in [2.45, 2.75) is 291 Å². The number of ether oxygens (including phenoxy) is 3. The molecule has 0 heterocycles. The first-order chi connectivity index (χ1) is 27.9. The van der Waals surface area contributed by atoms with E-state index in [1.165, 1.54) is 180 Å². The van der Waals surface area contributed by atoms with Gasteiger partial charge in [-0.2, -0.15) is 0 Å². The Hall–Kier alpha value is -1.59. The summed E-state index contributed by atoms with van der Waals surface area (Å²) >= 11 is 0. The van der Waals surface area contributed by atoms with E-state index in [0.717, 1.165) is 63.7 Å². The van der Waals surface area contributed by atoms with Gasteiger partial charge in [-0.05, 0) is 25.2 Å². The van der Waals surface area contributed by atoms with Crippen LogP contribution in [0.1, 0.15) is 285 Å². The summed E-state index contributed by atoms with van der Waals surface area (Å²) in [6.45, 7) is 9.01. The molecule has 0 aliphatic carbocycles. The average molecular weight is 807 g/mol. The van der Waals surface area contributed by atoms with Crippen molar-refractivity contribution >= 4 is 17.9 Å². The molecule has 0 fully saturated rings. The minimum atomic E-state index is -0.759. The number of unbranched alkanes of at least 4 members (excludes halogenated alkanes) is 33. The fraction of sp³-hybridized carbons (Fsp3) is 0.941. The highest BCUT2D eigenvalue weighted by molar-refractivity contribution is 5.71. The monoisotopic (exact) mass is 807 g/mol. The molecule has 0 bridgehead atoms. The van der Waals surface area contributed by atoms with Crippen molar-refractivity contribution in [3.05, 3.63) is 0 Å². The Balaban J connectivity index is 4.21. The third kappa shape index (κ3) is 45.3. The molecular formula is C51H98O6. The predicted molar refractivity (Wildman–Crippen MR) is 243 cm³/mol. The van der Waals surface area contributed by atoms with E-state index in [9.17, 15) is 14.4 Å². The molecule has 0 aromatic heterocycles. The van der Waals surface area contributed by atoms with E-state index in [2.05, 4.69) is 27.7 Å². The van der Waals surface area contributed by atoms with E-state index in [1.54, 1.807) is 0 Å². The number of hydrogen-bond acceptors (Lipinski definition) is 6. The number of esters is 3. The normalized spacial score (nSPS) is 11.9. The van der Waals surface area contributed by atoms with Crippen LogP contribution >= 0.6 is 0 Å². The first-order valence-electron chi connectivity index (χ1n) is 25.4. The van der Waals surface area contributed by atoms with Crippen LogP contribution in [0.15, 0.2) is 0 Å². The molecule has 0 aromatic carbocycles. The number of hydrogen-bond donors (Lipinski definition) is 0. The highest BCUT2D eigenvalue weighted by atomic mass is 16.6. The molecule has 0 aromatic rings. The molecular weight excluding hydrogens is 709 g/mol. The lowest BCUT2D eigenvalue weighted by atomic mass is 10.0. The van der Waals surface area contributed by atoms with Crippen LogP contribution in [0.2, 0.25) is 0 Å². The van der Waals surface area contributed by atoms with Gasteiger partial charge in [0.25, 0.3) is 0 Å². The Morgan fingerprint density at radius 2 is 0.579 bits per heavy atom. The molecule has 338 valence electrons. The maximum Gasteiger partial charge on any atom is 0.306 e. The van der Waals surface area contributed by atoms with Crippen molar-refractivity contribution in [3.8, 4) is 0 Å². The largest absolute Gasteiger partial charge is 0.462 e. The molecule has 0 saturated heterocycles. The Bertz CT molecular complexity index is 857. The van der Waals surface area contributed by atoms with Gasteiger partial charge in [0, 0.05) is 19.3 Å². The second kappa shape index (κ2) is 45.5. The maximum absolute atomic E-state index is 12.7. The summed E-state index contributed by atoms with van der Waals surface area (Å²) < 4.78 is 16.8. The third-order valence-corrected chi connectivity index (χ3v) is 11.5. The van der Waals surface area contributed by atoms with Gasteiger partial charge in [0.2, 0.25) is 0 Å². The van der Waals surface area contributed by atoms with Gasteiger partial charge in [-0.1, -0.05) is 246 Å².